The maximum absolute atomic E-state index is 12.8. The van der Waals surface area contributed by atoms with E-state index >= 15 is 0 Å². The molecule has 5 rings (SSSR count). The van der Waals surface area contributed by atoms with E-state index in [0.717, 1.165) is 44.5 Å². The first-order valence-corrected chi connectivity index (χ1v) is 12.9. The number of benzene rings is 3. The van der Waals surface area contributed by atoms with E-state index in [0.29, 0.717) is 22.4 Å². The van der Waals surface area contributed by atoms with Crippen molar-refractivity contribution in [2.45, 2.75) is 32.6 Å². The molecule has 38 heavy (non-hydrogen) atoms. The van der Waals surface area contributed by atoms with Crippen LogP contribution in [0.25, 0.3) is 16.7 Å². The van der Waals surface area contributed by atoms with Crippen molar-refractivity contribution < 1.29 is 9.72 Å². The van der Waals surface area contributed by atoms with Crippen molar-refractivity contribution in [2.75, 3.05) is 23.3 Å². The van der Waals surface area contributed by atoms with Crippen molar-refractivity contribution in [3.63, 3.8) is 0 Å². The van der Waals surface area contributed by atoms with Crippen LogP contribution in [0.15, 0.2) is 60.7 Å². The van der Waals surface area contributed by atoms with Crippen LogP contribution in [0.2, 0.25) is 0 Å². The quantitative estimate of drug-likeness (QED) is 0.203. The Hall–Kier alpha value is -4.38. The molecule has 0 saturated carbocycles. The molecule has 0 atom stereocenters. The number of aromatic nitrogens is 3. The molecule has 0 spiro atoms. The van der Waals surface area contributed by atoms with Crippen LogP contribution in [-0.2, 0) is 6.42 Å². The SMILES string of the molecule is CCc1ccc(-n2nc3ccc(NC(=S)NC(=O)c4ccc(N5CCCCC5)c([N+](=O)[O-])c4)cc3n2)cc1. The molecule has 1 amide bonds. The first-order chi connectivity index (χ1) is 18.4. The number of carbonyl (C=O) groups excluding carboxylic acids is 1. The van der Waals surface area contributed by atoms with Crippen LogP contribution in [0.4, 0.5) is 17.1 Å². The molecule has 11 heteroatoms. The summed E-state index contributed by atoms with van der Waals surface area (Å²) in [6, 6.07) is 18.0. The standard InChI is InChI=1S/C27H27N7O3S/c1-2-18-6-10-21(11-7-18)33-30-22-12-9-20(17-23(22)31-33)28-27(38)29-26(35)19-8-13-24(25(16-19)34(36)37)32-14-4-3-5-15-32/h6-13,16-17H,2-5,14-15H2,1H3,(H2,28,29,35,38). The lowest BCUT2D eigenvalue weighted by Crippen LogP contribution is -2.34. The fourth-order valence-electron chi connectivity index (χ4n) is 4.52. The van der Waals surface area contributed by atoms with E-state index in [9.17, 15) is 14.9 Å². The third-order valence-electron chi connectivity index (χ3n) is 6.57. The van der Waals surface area contributed by atoms with Gasteiger partial charge in [-0.3, -0.25) is 20.2 Å². The number of rotatable bonds is 6. The van der Waals surface area contributed by atoms with E-state index in [1.54, 1.807) is 29.1 Å². The minimum absolute atomic E-state index is 0.0691. The number of nitro benzene ring substituents is 1. The van der Waals surface area contributed by atoms with E-state index in [-0.39, 0.29) is 16.4 Å². The van der Waals surface area contributed by atoms with Gasteiger partial charge in [0.15, 0.2) is 5.11 Å². The normalized spacial score (nSPS) is 13.3. The first kappa shape index (κ1) is 25.3. The molecule has 4 aromatic rings. The Balaban J connectivity index is 1.27. The molecular formula is C27H27N7O3S. The number of fused-ring (bicyclic) bond motifs is 1. The predicted molar refractivity (Wildman–Crippen MR) is 151 cm³/mol. The number of aryl methyl sites for hydroxylation is 1. The number of nitrogens with zero attached hydrogens (tertiary/aromatic N) is 5. The third kappa shape index (κ3) is 5.47. The number of hydrogen-bond acceptors (Lipinski definition) is 7. The smallest absolute Gasteiger partial charge is 0.293 e. The van der Waals surface area contributed by atoms with Crippen molar-refractivity contribution in [1.29, 1.82) is 0 Å². The molecule has 0 unspecified atom stereocenters. The number of thiocarbonyl (C=S) groups is 1. The van der Waals surface area contributed by atoms with Gasteiger partial charge in [-0.1, -0.05) is 19.1 Å². The number of anilines is 2. The second-order valence-corrected chi connectivity index (χ2v) is 9.54. The third-order valence-corrected chi connectivity index (χ3v) is 6.78. The van der Waals surface area contributed by atoms with Gasteiger partial charge in [0.25, 0.3) is 11.6 Å². The summed E-state index contributed by atoms with van der Waals surface area (Å²) in [6.45, 7) is 3.64. The van der Waals surface area contributed by atoms with Gasteiger partial charge in [-0.2, -0.15) is 4.80 Å². The predicted octanol–water partition coefficient (Wildman–Crippen LogP) is 5.01. The fraction of sp³-hybridized carbons (Fsp3) is 0.259. The van der Waals surface area contributed by atoms with E-state index < -0.39 is 10.8 Å². The molecule has 0 radical (unpaired) electrons. The zero-order valence-electron chi connectivity index (χ0n) is 20.9. The van der Waals surface area contributed by atoms with Crippen LogP contribution in [0, 0.1) is 10.1 Å². The number of hydrogen-bond donors (Lipinski definition) is 2. The summed E-state index contributed by atoms with van der Waals surface area (Å²) < 4.78 is 0. The van der Waals surface area contributed by atoms with Gasteiger partial charge in [0.2, 0.25) is 0 Å². The topological polar surface area (TPSA) is 118 Å². The molecule has 1 aliphatic heterocycles. The average Bonchev–Trinajstić information content (AvgIpc) is 3.36. The Labute approximate surface area is 224 Å². The molecule has 2 heterocycles. The highest BCUT2D eigenvalue weighted by molar-refractivity contribution is 7.80. The van der Waals surface area contributed by atoms with Crippen molar-refractivity contribution >= 4 is 51.3 Å². The zero-order chi connectivity index (χ0) is 26.6. The Kier molecular flexibility index (Phi) is 7.27. The van der Waals surface area contributed by atoms with Crippen molar-refractivity contribution in [3.05, 3.63) is 81.9 Å². The number of nitrogens with one attached hydrogen (secondary N) is 2. The Bertz CT molecular complexity index is 1510. The Morgan fingerprint density at radius 1 is 1.00 bits per heavy atom. The molecule has 1 saturated heterocycles. The van der Waals surface area contributed by atoms with Crippen molar-refractivity contribution in [2.24, 2.45) is 0 Å². The molecule has 0 bridgehead atoms. The van der Waals surface area contributed by atoms with Crippen LogP contribution in [0.1, 0.15) is 42.1 Å². The van der Waals surface area contributed by atoms with E-state index in [1.807, 2.05) is 35.2 Å². The van der Waals surface area contributed by atoms with Gasteiger partial charge >= 0.3 is 0 Å². The highest BCUT2D eigenvalue weighted by Crippen LogP contribution is 2.31. The second kappa shape index (κ2) is 10.9. The molecule has 0 aliphatic carbocycles. The Morgan fingerprint density at radius 2 is 1.74 bits per heavy atom. The molecule has 2 N–H and O–H groups in total. The highest BCUT2D eigenvalue weighted by Gasteiger charge is 2.23. The maximum Gasteiger partial charge on any atom is 0.293 e. The molecule has 194 valence electrons. The lowest BCUT2D eigenvalue weighted by molar-refractivity contribution is -0.384. The van der Waals surface area contributed by atoms with Crippen molar-refractivity contribution in [1.82, 2.24) is 20.3 Å². The molecule has 1 fully saturated rings. The van der Waals surface area contributed by atoms with Gasteiger partial charge in [-0.15, -0.1) is 10.2 Å². The number of piperidine rings is 1. The molecule has 1 aromatic heterocycles. The number of nitro groups is 1. The van der Waals surface area contributed by atoms with Gasteiger partial charge < -0.3 is 10.2 Å². The van der Waals surface area contributed by atoms with Crippen LogP contribution in [-0.4, -0.2) is 44.0 Å². The van der Waals surface area contributed by atoms with Crippen molar-refractivity contribution in [3.8, 4) is 5.69 Å². The van der Waals surface area contributed by atoms with Gasteiger partial charge in [-0.25, -0.2) is 0 Å². The Morgan fingerprint density at radius 3 is 2.45 bits per heavy atom. The van der Waals surface area contributed by atoms with E-state index in [1.165, 1.54) is 11.6 Å². The van der Waals surface area contributed by atoms with Crippen LogP contribution in [0.5, 0.6) is 0 Å². The molecule has 1 aliphatic rings. The van der Waals surface area contributed by atoms with Crippen LogP contribution >= 0.6 is 12.2 Å². The highest BCUT2D eigenvalue weighted by atomic mass is 32.1. The minimum atomic E-state index is -0.529. The summed E-state index contributed by atoms with van der Waals surface area (Å²) in [5, 5.41) is 26.5. The van der Waals surface area contributed by atoms with Crippen LogP contribution in [0.3, 0.4) is 0 Å². The largest absolute Gasteiger partial charge is 0.366 e. The first-order valence-electron chi connectivity index (χ1n) is 12.5. The number of amides is 1. The molecular weight excluding hydrogens is 502 g/mol. The number of carbonyl (C=O) groups is 1. The van der Waals surface area contributed by atoms with Gasteiger partial charge in [0.05, 0.1) is 10.6 Å². The van der Waals surface area contributed by atoms with Crippen LogP contribution < -0.4 is 15.5 Å². The summed E-state index contributed by atoms with van der Waals surface area (Å²) in [7, 11) is 0. The van der Waals surface area contributed by atoms with Gasteiger partial charge in [-0.05, 0) is 85.9 Å². The van der Waals surface area contributed by atoms with Gasteiger partial charge in [0.1, 0.15) is 16.7 Å². The monoisotopic (exact) mass is 529 g/mol. The summed E-state index contributed by atoms with van der Waals surface area (Å²) >= 11 is 5.33. The molecule has 10 nitrogen and oxygen atoms in total. The van der Waals surface area contributed by atoms with Gasteiger partial charge in [0, 0.05) is 30.4 Å². The minimum Gasteiger partial charge on any atom is -0.366 e. The van der Waals surface area contributed by atoms with E-state index in [4.69, 9.17) is 12.2 Å². The fourth-order valence-corrected chi connectivity index (χ4v) is 4.73. The zero-order valence-corrected chi connectivity index (χ0v) is 21.7. The summed E-state index contributed by atoms with van der Waals surface area (Å²) in [5.41, 5.74) is 4.71. The summed E-state index contributed by atoms with van der Waals surface area (Å²) in [4.78, 5) is 27.7. The lowest BCUT2D eigenvalue weighted by atomic mass is 10.1. The lowest BCUT2D eigenvalue weighted by Gasteiger charge is -2.28. The average molecular weight is 530 g/mol. The van der Waals surface area contributed by atoms with E-state index in [2.05, 4.69) is 27.8 Å². The summed E-state index contributed by atoms with van der Waals surface area (Å²) in [6.07, 6.45) is 4.06. The summed E-state index contributed by atoms with van der Waals surface area (Å²) in [5.74, 6) is -0.529. The molecule has 3 aromatic carbocycles. The second-order valence-electron chi connectivity index (χ2n) is 9.13. The maximum atomic E-state index is 12.8.